The maximum atomic E-state index is 6.14. The minimum Gasteiger partial charge on any atom is -0.487 e. The minimum atomic E-state index is -0.208. The van der Waals surface area contributed by atoms with Crippen molar-refractivity contribution in [3.8, 4) is 5.75 Å². The van der Waals surface area contributed by atoms with Crippen LogP contribution in [0.1, 0.15) is 56.4 Å². The zero-order valence-corrected chi connectivity index (χ0v) is 17.5. The number of aliphatic imine (C=N–C) groups is 1. The highest BCUT2D eigenvalue weighted by atomic mass is 32.1. The van der Waals surface area contributed by atoms with E-state index >= 15 is 0 Å². The van der Waals surface area contributed by atoms with Crippen molar-refractivity contribution in [3.63, 3.8) is 0 Å². The third kappa shape index (κ3) is 5.22. The van der Waals surface area contributed by atoms with E-state index in [1.807, 2.05) is 12.1 Å². The van der Waals surface area contributed by atoms with E-state index in [1.54, 1.807) is 11.3 Å². The van der Waals surface area contributed by atoms with Gasteiger partial charge >= 0.3 is 0 Å². The summed E-state index contributed by atoms with van der Waals surface area (Å²) in [6, 6.07) is 8.44. The van der Waals surface area contributed by atoms with E-state index in [4.69, 9.17) is 9.73 Å². The lowest BCUT2D eigenvalue weighted by Gasteiger charge is -2.38. The first-order valence-corrected chi connectivity index (χ1v) is 10.6. The Bertz CT molecular complexity index is 784. The molecule has 146 valence electrons. The summed E-state index contributed by atoms with van der Waals surface area (Å²) in [6.45, 7) is 10.0. The summed E-state index contributed by atoms with van der Waals surface area (Å²) in [4.78, 5) is 9.40. The number of thiazole rings is 1. The monoisotopic (exact) mass is 386 g/mol. The van der Waals surface area contributed by atoms with Gasteiger partial charge in [0.1, 0.15) is 11.4 Å². The largest absolute Gasteiger partial charge is 0.487 e. The van der Waals surface area contributed by atoms with Gasteiger partial charge in [0.05, 0.1) is 16.7 Å². The van der Waals surface area contributed by atoms with Gasteiger partial charge in [0.15, 0.2) is 5.96 Å². The van der Waals surface area contributed by atoms with Crippen LogP contribution in [0.25, 0.3) is 0 Å². The standard InChI is InChI=1S/C21H30N4OS/c1-5-19-24-15(14-27-19)11-12-23-20(22-6-2)25-17-13-21(3,4)26-18-10-8-7-9-16(17)18/h7-10,14,17H,5-6,11-13H2,1-4H3,(H2,22,23,25). The molecule has 5 nitrogen and oxygen atoms in total. The molecular formula is C21H30N4OS. The number of para-hydroxylation sites is 1. The van der Waals surface area contributed by atoms with E-state index in [0.29, 0.717) is 0 Å². The zero-order valence-electron chi connectivity index (χ0n) is 16.7. The zero-order chi connectivity index (χ0) is 19.3. The van der Waals surface area contributed by atoms with E-state index in [9.17, 15) is 0 Å². The molecule has 3 rings (SSSR count). The number of benzene rings is 1. The van der Waals surface area contributed by atoms with Gasteiger partial charge in [-0.25, -0.2) is 4.98 Å². The molecule has 6 heteroatoms. The van der Waals surface area contributed by atoms with Crippen LogP contribution in [0.4, 0.5) is 0 Å². The Hall–Kier alpha value is -2.08. The van der Waals surface area contributed by atoms with Gasteiger partial charge in [-0.3, -0.25) is 4.99 Å². The fourth-order valence-corrected chi connectivity index (χ4v) is 4.10. The molecule has 0 fully saturated rings. The molecule has 1 aromatic heterocycles. The molecule has 0 aliphatic carbocycles. The molecule has 1 aromatic carbocycles. The average Bonchev–Trinajstić information content (AvgIpc) is 3.09. The molecule has 1 aliphatic rings. The molecule has 1 atom stereocenters. The Balaban J connectivity index is 1.69. The Morgan fingerprint density at radius 2 is 2.15 bits per heavy atom. The second kappa shape index (κ2) is 8.74. The number of rotatable bonds is 6. The topological polar surface area (TPSA) is 58.5 Å². The highest BCUT2D eigenvalue weighted by Gasteiger charge is 2.33. The van der Waals surface area contributed by atoms with Crippen LogP contribution in [-0.4, -0.2) is 29.6 Å². The summed E-state index contributed by atoms with van der Waals surface area (Å²) in [5, 5.41) is 10.3. The molecule has 1 unspecified atom stereocenters. The third-order valence-electron chi connectivity index (χ3n) is 4.57. The predicted octanol–water partition coefficient (Wildman–Crippen LogP) is 4.11. The van der Waals surface area contributed by atoms with Crippen molar-refractivity contribution >= 4 is 17.3 Å². The van der Waals surface area contributed by atoms with Crippen molar-refractivity contribution in [1.29, 1.82) is 0 Å². The molecule has 0 amide bonds. The Morgan fingerprint density at radius 3 is 2.89 bits per heavy atom. The third-order valence-corrected chi connectivity index (χ3v) is 5.61. The van der Waals surface area contributed by atoms with Crippen LogP contribution in [0.2, 0.25) is 0 Å². The molecule has 2 N–H and O–H groups in total. The first kappa shape index (κ1) is 19.7. The molecule has 0 radical (unpaired) electrons. The van der Waals surface area contributed by atoms with Crippen LogP contribution in [0.15, 0.2) is 34.6 Å². The highest BCUT2D eigenvalue weighted by Crippen LogP contribution is 2.39. The lowest BCUT2D eigenvalue weighted by molar-refractivity contribution is 0.0694. The van der Waals surface area contributed by atoms with Crippen molar-refractivity contribution in [2.75, 3.05) is 13.1 Å². The molecule has 0 saturated carbocycles. The molecule has 0 spiro atoms. The fraction of sp³-hybridized carbons (Fsp3) is 0.524. The summed E-state index contributed by atoms with van der Waals surface area (Å²) in [5.41, 5.74) is 2.11. The molecule has 0 saturated heterocycles. The van der Waals surface area contributed by atoms with Gasteiger partial charge in [-0.05, 0) is 33.3 Å². The SMILES string of the molecule is CCNC(=NCCc1csc(CC)n1)NC1CC(C)(C)Oc2ccccc21. The molecule has 1 aliphatic heterocycles. The van der Waals surface area contributed by atoms with E-state index < -0.39 is 0 Å². The smallest absolute Gasteiger partial charge is 0.191 e. The fourth-order valence-electron chi connectivity index (χ4n) is 3.32. The second-order valence-electron chi connectivity index (χ2n) is 7.40. The number of aryl methyl sites for hydroxylation is 1. The van der Waals surface area contributed by atoms with Gasteiger partial charge in [-0.15, -0.1) is 11.3 Å². The van der Waals surface area contributed by atoms with Crippen LogP contribution >= 0.6 is 11.3 Å². The minimum absolute atomic E-state index is 0.175. The van der Waals surface area contributed by atoms with Crippen LogP contribution in [0.5, 0.6) is 5.75 Å². The number of nitrogens with zero attached hydrogens (tertiary/aromatic N) is 2. The number of aromatic nitrogens is 1. The average molecular weight is 387 g/mol. The van der Waals surface area contributed by atoms with Crippen molar-refractivity contribution in [2.24, 2.45) is 4.99 Å². The van der Waals surface area contributed by atoms with Gasteiger partial charge in [0.25, 0.3) is 0 Å². The summed E-state index contributed by atoms with van der Waals surface area (Å²) in [5.74, 6) is 1.80. The summed E-state index contributed by atoms with van der Waals surface area (Å²) in [7, 11) is 0. The van der Waals surface area contributed by atoms with Crippen LogP contribution in [0.3, 0.4) is 0 Å². The van der Waals surface area contributed by atoms with Crippen molar-refractivity contribution in [1.82, 2.24) is 15.6 Å². The Morgan fingerprint density at radius 1 is 1.33 bits per heavy atom. The number of guanidine groups is 1. The maximum Gasteiger partial charge on any atom is 0.191 e. The molecule has 2 heterocycles. The number of nitrogens with one attached hydrogen (secondary N) is 2. The number of fused-ring (bicyclic) bond motifs is 1. The van der Waals surface area contributed by atoms with Gasteiger partial charge in [-0.2, -0.15) is 0 Å². The van der Waals surface area contributed by atoms with Gasteiger partial charge in [0, 0.05) is 36.9 Å². The first-order chi connectivity index (χ1) is 13.0. The maximum absolute atomic E-state index is 6.14. The van der Waals surface area contributed by atoms with Crippen LogP contribution in [-0.2, 0) is 12.8 Å². The quantitative estimate of drug-likeness (QED) is 0.579. The van der Waals surface area contributed by atoms with Crippen LogP contribution < -0.4 is 15.4 Å². The van der Waals surface area contributed by atoms with E-state index in [1.165, 1.54) is 10.6 Å². The number of hydrogen-bond acceptors (Lipinski definition) is 4. The number of hydrogen-bond donors (Lipinski definition) is 2. The summed E-state index contributed by atoms with van der Waals surface area (Å²) >= 11 is 1.73. The van der Waals surface area contributed by atoms with Crippen molar-refractivity contribution in [3.05, 3.63) is 45.9 Å². The van der Waals surface area contributed by atoms with Crippen molar-refractivity contribution in [2.45, 2.75) is 58.6 Å². The molecule has 0 bridgehead atoms. The molecule has 27 heavy (non-hydrogen) atoms. The normalized spacial score (nSPS) is 18.5. The number of ether oxygens (including phenoxy) is 1. The van der Waals surface area contributed by atoms with Crippen molar-refractivity contribution < 1.29 is 4.74 Å². The molecular weight excluding hydrogens is 356 g/mol. The van der Waals surface area contributed by atoms with Gasteiger partial charge in [-0.1, -0.05) is 25.1 Å². The van der Waals surface area contributed by atoms with Gasteiger partial charge in [0.2, 0.25) is 0 Å². The highest BCUT2D eigenvalue weighted by molar-refractivity contribution is 7.09. The van der Waals surface area contributed by atoms with Gasteiger partial charge < -0.3 is 15.4 Å². The Labute approximate surface area is 166 Å². The van der Waals surface area contributed by atoms with E-state index in [2.05, 4.69) is 60.8 Å². The Kier molecular flexibility index (Phi) is 6.37. The predicted molar refractivity (Wildman–Crippen MR) is 113 cm³/mol. The lowest BCUT2D eigenvalue weighted by atomic mass is 9.90. The summed E-state index contributed by atoms with van der Waals surface area (Å²) in [6.07, 6.45) is 2.75. The van der Waals surface area contributed by atoms with E-state index in [-0.39, 0.29) is 11.6 Å². The molecule has 2 aromatic rings. The first-order valence-electron chi connectivity index (χ1n) is 9.77. The van der Waals surface area contributed by atoms with E-state index in [0.717, 1.165) is 49.8 Å². The van der Waals surface area contributed by atoms with Crippen LogP contribution in [0, 0.1) is 0 Å². The summed E-state index contributed by atoms with van der Waals surface area (Å²) < 4.78 is 6.14. The lowest BCUT2D eigenvalue weighted by Crippen LogP contribution is -2.45. The second-order valence-corrected chi connectivity index (χ2v) is 8.34.